The summed E-state index contributed by atoms with van der Waals surface area (Å²) in [7, 11) is 0. The Kier molecular flexibility index (Phi) is 6.73. The molecule has 0 saturated carbocycles. The third-order valence-electron chi connectivity index (χ3n) is 1.75. The van der Waals surface area contributed by atoms with E-state index in [-0.39, 0.29) is 0 Å². The molecular weight excluding hydrogens is 170 g/mol. The third kappa shape index (κ3) is 6.41. The van der Waals surface area contributed by atoms with Crippen molar-refractivity contribution in [2.75, 3.05) is 0 Å². The van der Waals surface area contributed by atoms with Crippen LogP contribution >= 0.6 is 0 Å². The van der Waals surface area contributed by atoms with Crippen molar-refractivity contribution in [1.82, 2.24) is 0 Å². The molecule has 1 heteroatoms. The standard InChI is InChI=1S/C13H21N/c1-6-7-8-9-10-12(4)13(5)14-11(2)3/h8-10H,5-7H2,1-4H3/b9-8-,12-10-. The van der Waals surface area contributed by atoms with Crippen molar-refractivity contribution in [2.24, 2.45) is 4.99 Å². The van der Waals surface area contributed by atoms with Crippen LogP contribution in [0.15, 0.2) is 41.1 Å². The Morgan fingerprint density at radius 2 is 1.93 bits per heavy atom. The molecule has 0 aliphatic carbocycles. The fourth-order valence-corrected chi connectivity index (χ4v) is 0.930. The first-order chi connectivity index (χ1) is 6.57. The van der Waals surface area contributed by atoms with E-state index >= 15 is 0 Å². The van der Waals surface area contributed by atoms with Crippen LogP contribution in [-0.4, -0.2) is 5.71 Å². The van der Waals surface area contributed by atoms with Crippen molar-refractivity contribution in [2.45, 2.75) is 40.5 Å². The summed E-state index contributed by atoms with van der Waals surface area (Å²) >= 11 is 0. The van der Waals surface area contributed by atoms with E-state index in [0.717, 1.165) is 23.4 Å². The molecule has 0 radical (unpaired) electrons. The molecule has 0 N–H and O–H groups in total. The summed E-state index contributed by atoms with van der Waals surface area (Å²) in [4.78, 5) is 4.30. The highest BCUT2D eigenvalue weighted by atomic mass is 14.7. The van der Waals surface area contributed by atoms with Gasteiger partial charge >= 0.3 is 0 Å². The third-order valence-corrected chi connectivity index (χ3v) is 1.75. The van der Waals surface area contributed by atoms with Crippen LogP contribution in [0.1, 0.15) is 40.5 Å². The molecule has 0 rings (SSSR count). The van der Waals surface area contributed by atoms with Crippen LogP contribution in [0.25, 0.3) is 0 Å². The van der Waals surface area contributed by atoms with Crippen molar-refractivity contribution in [3.05, 3.63) is 36.1 Å². The number of nitrogens with zero attached hydrogens (tertiary/aromatic N) is 1. The van der Waals surface area contributed by atoms with Gasteiger partial charge < -0.3 is 0 Å². The van der Waals surface area contributed by atoms with Gasteiger partial charge in [-0.15, -0.1) is 0 Å². The number of allylic oxidation sites excluding steroid dienone is 4. The lowest BCUT2D eigenvalue weighted by molar-refractivity contribution is 0.958. The molecule has 1 nitrogen and oxygen atoms in total. The van der Waals surface area contributed by atoms with Gasteiger partial charge in [0, 0.05) is 5.71 Å². The predicted octanol–water partition coefficient (Wildman–Crippen LogP) is 4.28. The Bertz CT molecular complexity index is 263. The first kappa shape index (κ1) is 12.9. The van der Waals surface area contributed by atoms with Crippen LogP contribution in [0.5, 0.6) is 0 Å². The zero-order valence-electron chi connectivity index (χ0n) is 9.80. The second kappa shape index (κ2) is 7.31. The minimum atomic E-state index is 0.853. The summed E-state index contributed by atoms with van der Waals surface area (Å²) in [5.74, 6) is 0. The highest BCUT2D eigenvalue weighted by Gasteiger charge is 1.91. The molecule has 0 aliphatic rings. The van der Waals surface area contributed by atoms with Crippen molar-refractivity contribution in [1.29, 1.82) is 0 Å². The molecule has 78 valence electrons. The fraction of sp³-hybridized carbons (Fsp3) is 0.462. The maximum absolute atomic E-state index is 4.30. The SMILES string of the molecule is C=C(N=C(C)C)/C(C)=C\C=C/CCC. The van der Waals surface area contributed by atoms with E-state index in [1.165, 1.54) is 6.42 Å². The van der Waals surface area contributed by atoms with Gasteiger partial charge in [-0.1, -0.05) is 38.2 Å². The Morgan fingerprint density at radius 3 is 2.43 bits per heavy atom. The Morgan fingerprint density at radius 1 is 1.29 bits per heavy atom. The van der Waals surface area contributed by atoms with E-state index in [1.807, 2.05) is 20.8 Å². The minimum absolute atomic E-state index is 0.853. The summed E-state index contributed by atoms with van der Waals surface area (Å²) in [5.41, 5.74) is 3.02. The van der Waals surface area contributed by atoms with Gasteiger partial charge in [0.2, 0.25) is 0 Å². The monoisotopic (exact) mass is 191 g/mol. The van der Waals surface area contributed by atoms with Gasteiger partial charge in [-0.2, -0.15) is 0 Å². The average molecular weight is 191 g/mol. The second-order valence-corrected chi connectivity index (χ2v) is 3.57. The molecule has 0 aliphatic heterocycles. The highest BCUT2D eigenvalue weighted by molar-refractivity contribution is 5.80. The van der Waals surface area contributed by atoms with E-state index in [2.05, 4.69) is 36.7 Å². The van der Waals surface area contributed by atoms with Gasteiger partial charge in [-0.05, 0) is 32.8 Å². The van der Waals surface area contributed by atoms with Crippen molar-refractivity contribution in [3.8, 4) is 0 Å². The largest absolute Gasteiger partial charge is 0.259 e. The Hall–Kier alpha value is -1.11. The molecular formula is C13H21N. The maximum Gasteiger partial charge on any atom is 0.0586 e. The lowest BCUT2D eigenvalue weighted by Crippen LogP contribution is -1.85. The highest BCUT2D eigenvalue weighted by Crippen LogP contribution is 2.08. The topological polar surface area (TPSA) is 12.4 Å². The van der Waals surface area contributed by atoms with Gasteiger partial charge in [0.15, 0.2) is 0 Å². The molecule has 0 heterocycles. The maximum atomic E-state index is 4.30. The minimum Gasteiger partial charge on any atom is -0.259 e. The lowest BCUT2D eigenvalue weighted by Gasteiger charge is -1.98. The van der Waals surface area contributed by atoms with Gasteiger partial charge in [-0.3, -0.25) is 4.99 Å². The van der Waals surface area contributed by atoms with Gasteiger partial charge in [0.1, 0.15) is 0 Å². The van der Waals surface area contributed by atoms with Crippen molar-refractivity contribution in [3.63, 3.8) is 0 Å². The lowest BCUT2D eigenvalue weighted by atomic mass is 10.2. The Balaban J connectivity index is 4.24. The summed E-state index contributed by atoms with van der Waals surface area (Å²) in [5, 5.41) is 0. The normalized spacial score (nSPS) is 11.9. The molecule has 0 amide bonds. The van der Waals surface area contributed by atoms with Crippen molar-refractivity contribution >= 4 is 5.71 Å². The molecule has 0 unspecified atom stereocenters. The first-order valence-corrected chi connectivity index (χ1v) is 5.12. The van der Waals surface area contributed by atoms with E-state index in [1.54, 1.807) is 0 Å². The van der Waals surface area contributed by atoms with Crippen LogP contribution in [0.3, 0.4) is 0 Å². The zero-order chi connectivity index (χ0) is 11.0. The number of rotatable bonds is 5. The average Bonchev–Trinajstić information content (AvgIpc) is 2.11. The Labute approximate surface area is 87.9 Å². The van der Waals surface area contributed by atoms with E-state index in [4.69, 9.17) is 0 Å². The van der Waals surface area contributed by atoms with Crippen LogP contribution in [-0.2, 0) is 0 Å². The summed E-state index contributed by atoms with van der Waals surface area (Å²) in [6.07, 6.45) is 8.62. The first-order valence-electron chi connectivity index (χ1n) is 5.12. The quantitative estimate of drug-likeness (QED) is 0.454. The summed E-state index contributed by atoms with van der Waals surface area (Å²) in [6.45, 7) is 12.1. The molecule has 0 saturated heterocycles. The molecule has 0 aromatic heterocycles. The number of hydrogen-bond donors (Lipinski definition) is 0. The molecule has 0 aromatic carbocycles. The van der Waals surface area contributed by atoms with Crippen molar-refractivity contribution < 1.29 is 0 Å². The number of aliphatic imine (C=N–C) groups is 1. The molecule has 0 fully saturated rings. The molecule has 14 heavy (non-hydrogen) atoms. The smallest absolute Gasteiger partial charge is 0.0586 e. The number of unbranched alkanes of at least 4 members (excludes halogenated alkanes) is 1. The van der Waals surface area contributed by atoms with Crippen LogP contribution in [0.4, 0.5) is 0 Å². The van der Waals surface area contributed by atoms with E-state index in [9.17, 15) is 0 Å². The zero-order valence-corrected chi connectivity index (χ0v) is 9.80. The van der Waals surface area contributed by atoms with Crippen LogP contribution < -0.4 is 0 Å². The van der Waals surface area contributed by atoms with Gasteiger partial charge in [0.05, 0.1) is 5.70 Å². The number of hydrogen-bond acceptors (Lipinski definition) is 1. The second-order valence-electron chi connectivity index (χ2n) is 3.57. The summed E-state index contributed by atoms with van der Waals surface area (Å²) < 4.78 is 0. The molecule has 0 atom stereocenters. The van der Waals surface area contributed by atoms with Gasteiger partial charge in [0.25, 0.3) is 0 Å². The fourth-order valence-electron chi connectivity index (χ4n) is 0.930. The summed E-state index contributed by atoms with van der Waals surface area (Å²) in [6, 6.07) is 0. The van der Waals surface area contributed by atoms with Crippen LogP contribution in [0, 0.1) is 0 Å². The predicted molar refractivity (Wildman–Crippen MR) is 65.7 cm³/mol. The molecule has 0 spiro atoms. The van der Waals surface area contributed by atoms with Crippen LogP contribution in [0.2, 0.25) is 0 Å². The van der Waals surface area contributed by atoms with Gasteiger partial charge in [-0.25, -0.2) is 0 Å². The molecule has 0 bridgehead atoms. The van der Waals surface area contributed by atoms with E-state index in [0.29, 0.717) is 0 Å². The van der Waals surface area contributed by atoms with E-state index < -0.39 is 0 Å². The molecule has 0 aromatic rings.